The van der Waals surface area contributed by atoms with Gasteiger partial charge in [-0.1, -0.05) is 36.4 Å². The van der Waals surface area contributed by atoms with Gasteiger partial charge in [0.2, 0.25) is 0 Å². The Morgan fingerprint density at radius 2 is 1.65 bits per heavy atom. The molecule has 0 unspecified atom stereocenters. The van der Waals surface area contributed by atoms with Crippen LogP contribution in [0.5, 0.6) is 11.5 Å². The third-order valence-electron chi connectivity index (χ3n) is 3.75. The first kappa shape index (κ1) is 17.5. The highest BCUT2D eigenvalue weighted by Crippen LogP contribution is 2.21. The van der Waals surface area contributed by atoms with Crippen LogP contribution in [0.1, 0.15) is 11.3 Å². The van der Waals surface area contributed by atoms with Gasteiger partial charge < -0.3 is 15.8 Å². The number of pyridine rings is 1. The van der Waals surface area contributed by atoms with Crippen LogP contribution in [0.15, 0.2) is 84.0 Å². The maximum Gasteiger partial charge on any atom is 0.188 e. The van der Waals surface area contributed by atoms with Gasteiger partial charge in [-0.3, -0.25) is 4.98 Å². The summed E-state index contributed by atoms with van der Waals surface area (Å²) in [4.78, 5) is 8.64. The minimum absolute atomic E-state index is 0.436. The lowest BCUT2D eigenvalue weighted by atomic mass is 10.2. The third kappa shape index (κ3) is 5.63. The van der Waals surface area contributed by atoms with Crippen LogP contribution in [0.3, 0.4) is 0 Å². The van der Waals surface area contributed by atoms with E-state index in [2.05, 4.69) is 15.3 Å². The Morgan fingerprint density at radius 3 is 2.38 bits per heavy atom. The molecule has 5 heteroatoms. The Bertz CT molecular complexity index is 818. The van der Waals surface area contributed by atoms with Gasteiger partial charge in [0.15, 0.2) is 5.96 Å². The van der Waals surface area contributed by atoms with Gasteiger partial charge in [-0.25, -0.2) is 4.99 Å². The van der Waals surface area contributed by atoms with E-state index in [1.54, 1.807) is 6.20 Å². The van der Waals surface area contributed by atoms with Gasteiger partial charge >= 0.3 is 0 Å². The molecule has 0 saturated carbocycles. The van der Waals surface area contributed by atoms with Gasteiger partial charge in [-0.15, -0.1) is 0 Å². The molecule has 3 rings (SSSR count). The van der Waals surface area contributed by atoms with Crippen molar-refractivity contribution in [2.75, 3.05) is 6.54 Å². The van der Waals surface area contributed by atoms with Crippen molar-refractivity contribution >= 4 is 5.96 Å². The highest BCUT2D eigenvalue weighted by molar-refractivity contribution is 5.77. The summed E-state index contributed by atoms with van der Waals surface area (Å²) in [5.41, 5.74) is 8.01. The molecule has 3 N–H and O–H groups in total. The molecule has 0 radical (unpaired) electrons. The first-order valence-electron chi connectivity index (χ1n) is 8.55. The molecule has 1 heterocycles. The number of nitrogens with two attached hydrogens (primary N) is 1. The Hall–Kier alpha value is -3.34. The van der Waals surface area contributed by atoms with Crippen molar-refractivity contribution in [3.05, 3.63) is 90.3 Å². The minimum Gasteiger partial charge on any atom is -0.457 e. The molecule has 0 atom stereocenters. The van der Waals surface area contributed by atoms with E-state index in [4.69, 9.17) is 10.5 Å². The molecule has 0 amide bonds. The van der Waals surface area contributed by atoms with Crippen molar-refractivity contribution < 1.29 is 4.74 Å². The number of aromatic nitrogens is 1. The fraction of sp³-hybridized carbons (Fsp3) is 0.143. The van der Waals surface area contributed by atoms with Gasteiger partial charge in [0.25, 0.3) is 0 Å². The molecular weight excluding hydrogens is 324 g/mol. The van der Waals surface area contributed by atoms with Crippen molar-refractivity contribution in [1.29, 1.82) is 0 Å². The summed E-state index contributed by atoms with van der Waals surface area (Å²) in [6.07, 6.45) is 2.60. The van der Waals surface area contributed by atoms with Crippen LogP contribution >= 0.6 is 0 Å². The number of ether oxygens (including phenoxy) is 1. The Morgan fingerprint density at radius 1 is 0.923 bits per heavy atom. The van der Waals surface area contributed by atoms with Crippen LogP contribution in [0.4, 0.5) is 0 Å². The third-order valence-corrected chi connectivity index (χ3v) is 3.75. The number of rotatable bonds is 7. The van der Waals surface area contributed by atoms with Gasteiger partial charge in [0.05, 0.1) is 6.54 Å². The van der Waals surface area contributed by atoms with Crippen LogP contribution in [0.2, 0.25) is 0 Å². The van der Waals surface area contributed by atoms with Crippen molar-refractivity contribution in [3.8, 4) is 11.5 Å². The lowest BCUT2D eigenvalue weighted by Gasteiger charge is -2.07. The van der Waals surface area contributed by atoms with E-state index in [0.29, 0.717) is 19.0 Å². The summed E-state index contributed by atoms with van der Waals surface area (Å²) >= 11 is 0. The van der Waals surface area contributed by atoms with Crippen LogP contribution in [0, 0.1) is 0 Å². The van der Waals surface area contributed by atoms with E-state index in [1.807, 2.05) is 72.8 Å². The molecule has 0 aliphatic rings. The van der Waals surface area contributed by atoms with Crippen molar-refractivity contribution in [2.24, 2.45) is 10.7 Å². The first-order valence-corrected chi connectivity index (χ1v) is 8.55. The lowest BCUT2D eigenvalue weighted by Crippen LogP contribution is -2.33. The predicted octanol–water partition coefficient (Wildman–Crippen LogP) is 3.52. The van der Waals surface area contributed by atoms with Crippen LogP contribution < -0.4 is 15.8 Å². The molecule has 0 bridgehead atoms. The number of guanidine groups is 1. The van der Waals surface area contributed by atoms with Gasteiger partial charge in [0, 0.05) is 24.9 Å². The smallest absolute Gasteiger partial charge is 0.188 e. The number of aliphatic imine (C=N–C) groups is 1. The quantitative estimate of drug-likeness (QED) is 0.507. The summed E-state index contributed by atoms with van der Waals surface area (Å²) in [6, 6.07) is 23.4. The van der Waals surface area contributed by atoms with E-state index in [0.717, 1.165) is 29.2 Å². The molecule has 2 aromatic carbocycles. The normalized spacial score (nSPS) is 11.2. The second-order valence-corrected chi connectivity index (χ2v) is 5.76. The van der Waals surface area contributed by atoms with E-state index >= 15 is 0 Å². The van der Waals surface area contributed by atoms with Gasteiger partial charge in [-0.2, -0.15) is 0 Å². The number of para-hydroxylation sites is 1. The second kappa shape index (κ2) is 9.22. The number of nitrogens with zero attached hydrogens (tertiary/aromatic N) is 2. The highest BCUT2D eigenvalue weighted by atomic mass is 16.5. The number of hydrogen-bond donors (Lipinski definition) is 2. The first-order chi connectivity index (χ1) is 12.8. The number of hydrogen-bond acceptors (Lipinski definition) is 3. The summed E-state index contributed by atoms with van der Waals surface area (Å²) in [5, 5.41) is 3.11. The summed E-state index contributed by atoms with van der Waals surface area (Å²) in [6.45, 7) is 1.23. The van der Waals surface area contributed by atoms with Crippen LogP contribution in [0.25, 0.3) is 0 Å². The SMILES string of the molecule is NC(=NCc1ccc(Oc2ccccc2)cc1)NCCc1ccccn1. The average Bonchev–Trinajstić information content (AvgIpc) is 2.69. The largest absolute Gasteiger partial charge is 0.457 e. The van der Waals surface area contributed by atoms with Crippen LogP contribution in [-0.4, -0.2) is 17.5 Å². The van der Waals surface area contributed by atoms with Gasteiger partial charge in [-0.05, 0) is 42.0 Å². The molecule has 1 aromatic heterocycles. The fourth-order valence-corrected chi connectivity index (χ4v) is 2.38. The summed E-state index contributed by atoms with van der Waals surface area (Å²) < 4.78 is 5.78. The molecule has 0 aliphatic heterocycles. The Kier molecular flexibility index (Phi) is 6.20. The highest BCUT2D eigenvalue weighted by Gasteiger charge is 1.99. The monoisotopic (exact) mass is 346 g/mol. The number of nitrogens with one attached hydrogen (secondary N) is 1. The molecule has 0 aliphatic carbocycles. The molecule has 5 nitrogen and oxygen atoms in total. The number of benzene rings is 2. The topological polar surface area (TPSA) is 72.5 Å². The van der Waals surface area contributed by atoms with Crippen LogP contribution in [-0.2, 0) is 13.0 Å². The summed E-state index contributed by atoms with van der Waals surface area (Å²) in [7, 11) is 0. The standard InChI is InChI=1S/C21H22N4O/c22-21(24-15-13-18-6-4-5-14-23-18)25-16-17-9-11-20(12-10-17)26-19-7-2-1-3-8-19/h1-12,14H,13,15-16H2,(H3,22,24,25). The zero-order valence-corrected chi connectivity index (χ0v) is 14.5. The predicted molar refractivity (Wildman–Crippen MR) is 104 cm³/mol. The van der Waals surface area contributed by atoms with E-state index in [9.17, 15) is 0 Å². The second-order valence-electron chi connectivity index (χ2n) is 5.76. The molecule has 0 spiro atoms. The van der Waals surface area contributed by atoms with E-state index in [1.165, 1.54) is 0 Å². The van der Waals surface area contributed by atoms with E-state index < -0.39 is 0 Å². The Labute approximate surface area is 153 Å². The minimum atomic E-state index is 0.436. The van der Waals surface area contributed by atoms with Gasteiger partial charge in [0.1, 0.15) is 11.5 Å². The van der Waals surface area contributed by atoms with Crippen molar-refractivity contribution in [1.82, 2.24) is 10.3 Å². The molecule has 0 fully saturated rings. The molecule has 3 aromatic rings. The molecule has 132 valence electrons. The average molecular weight is 346 g/mol. The van der Waals surface area contributed by atoms with Crippen molar-refractivity contribution in [3.63, 3.8) is 0 Å². The molecule has 26 heavy (non-hydrogen) atoms. The Balaban J connectivity index is 1.45. The lowest BCUT2D eigenvalue weighted by molar-refractivity contribution is 0.482. The fourth-order valence-electron chi connectivity index (χ4n) is 2.38. The zero-order valence-electron chi connectivity index (χ0n) is 14.5. The summed E-state index contributed by atoms with van der Waals surface area (Å²) in [5.74, 6) is 2.05. The van der Waals surface area contributed by atoms with Crippen molar-refractivity contribution in [2.45, 2.75) is 13.0 Å². The van der Waals surface area contributed by atoms with E-state index in [-0.39, 0.29) is 0 Å². The molecule has 0 saturated heterocycles. The zero-order chi connectivity index (χ0) is 18.0. The maximum atomic E-state index is 5.91. The molecular formula is C21H22N4O. The maximum absolute atomic E-state index is 5.91.